The van der Waals surface area contributed by atoms with Crippen LogP contribution in [0.4, 0.5) is 5.69 Å². The van der Waals surface area contributed by atoms with Gasteiger partial charge in [-0.05, 0) is 25.0 Å². The van der Waals surface area contributed by atoms with Crippen molar-refractivity contribution >= 4 is 17.9 Å². The molecule has 0 aliphatic rings. The van der Waals surface area contributed by atoms with E-state index >= 15 is 0 Å². The van der Waals surface area contributed by atoms with Gasteiger partial charge in [0.05, 0.1) is 12.8 Å². The van der Waals surface area contributed by atoms with Gasteiger partial charge < -0.3 is 14.8 Å². The summed E-state index contributed by atoms with van der Waals surface area (Å²) in [6, 6.07) is 7.32. The number of hydrogen-bond acceptors (Lipinski definition) is 3. The maximum atomic E-state index is 11.7. The highest BCUT2D eigenvalue weighted by Crippen LogP contribution is 2.23. The number of unbranched alkanes of at least 4 members (excludes halogenated alkanes) is 3. The number of ether oxygens (including phenoxy) is 1. The summed E-state index contributed by atoms with van der Waals surface area (Å²) in [6.07, 6.45) is 4.51. The maximum Gasteiger partial charge on any atom is 0.224 e. The molecular formula is C14H19NO3. The molecule has 0 saturated heterocycles. The van der Waals surface area contributed by atoms with Crippen molar-refractivity contribution in [3.63, 3.8) is 0 Å². The van der Waals surface area contributed by atoms with Crippen molar-refractivity contribution in [1.29, 1.82) is 0 Å². The number of hydrogen-bond donors (Lipinski definition) is 1. The minimum atomic E-state index is -0.0226. The number of methoxy groups -OCH3 is 1. The van der Waals surface area contributed by atoms with Gasteiger partial charge in [0.25, 0.3) is 0 Å². The van der Waals surface area contributed by atoms with E-state index in [2.05, 4.69) is 5.32 Å². The van der Waals surface area contributed by atoms with Gasteiger partial charge in [-0.25, -0.2) is 0 Å². The lowest BCUT2D eigenvalue weighted by Crippen LogP contribution is -2.11. The molecule has 0 aliphatic carbocycles. The third-order valence-electron chi connectivity index (χ3n) is 2.61. The quantitative estimate of drug-likeness (QED) is 0.569. The summed E-state index contributed by atoms with van der Waals surface area (Å²) in [5.41, 5.74) is 0.692. The minimum Gasteiger partial charge on any atom is -0.495 e. The first-order valence-corrected chi connectivity index (χ1v) is 6.14. The van der Waals surface area contributed by atoms with E-state index in [4.69, 9.17) is 4.74 Å². The third kappa shape index (κ3) is 4.99. The Morgan fingerprint density at radius 1 is 1.28 bits per heavy atom. The zero-order chi connectivity index (χ0) is 13.2. The molecule has 0 aliphatic heterocycles. The highest BCUT2D eigenvalue weighted by molar-refractivity contribution is 5.92. The summed E-state index contributed by atoms with van der Waals surface area (Å²) >= 11 is 0. The zero-order valence-corrected chi connectivity index (χ0v) is 10.6. The molecule has 0 atom stereocenters. The summed E-state index contributed by atoms with van der Waals surface area (Å²) in [5.74, 6) is 0.636. The predicted molar refractivity (Wildman–Crippen MR) is 70.8 cm³/mol. The van der Waals surface area contributed by atoms with Crippen LogP contribution in [0.15, 0.2) is 24.3 Å². The molecule has 0 fully saturated rings. The minimum absolute atomic E-state index is 0.0226. The molecule has 18 heavy (non-hydrogen) atoms. The van der Waals surface area contributed by atoms with Gasteiger partial charge in [-0.2, -0.15) is 0 Å². The fourth-order valence-corrected chi connectivity index (χ4v) is 1.65. The highest BCUT2D eigenvalue weighted by Gasteiger charge is 2.06. The Morgan fingerprint density at radius 3 is 2.78 bits per heavy atom. The lowest BCUT2D eigenvalue weighted by Gasteiger charge is -2.09. The average Bonchev–Trinajstić information content (AvgIpc) is 2.39. The van der Waals surface area contributed by atoms with Gasteiger partial charge in [0.2, 0.25) is 5.91 Å². The monoisotopic (exact) mass is 249 g/mol. The molecule has 0 bridgehead atoms. The molecule has 1 rings (SSSR count). The number of aldehydes is 1. The zero-order valence-electron chi connectivity index (χ0n) is 10.6. The van der Waals surface area contributed by atoms with Crippen LogP contribution in [-0.4, -0.2) is 19.3 Å². The van der Waals surface area contributed by atoms with E-state index < -0.39 is 0 Å². The van der Waals surface area contributed by atoms with E-state index in [0.29, 0.717) is 24.3 Å². The second kappa shape index (κ2) is 8.28. The molecule has 0 radical (unpaired) electrons. The molecule has 1 aromatic carbocycles. The molecule has 0 unspecified atom stereocenters. The van der Waals surface area contributed by atoms with Crippen LogP contribution in [0.1, 0.15) is 32.1 Å². The molecular weight excluding hydrogens is 230 g/mol. The van der Waals surface area contributed by atoms with Crippen LogP contribution in [0.25, 0.3) is 0 Å². The summed E-state index contributed by atoms with van der Waals surface area (Å²) in [7, 11) is 1.57. The Labute approximate surface area is 107 Å². The van der Waals surface area contributed by atoms with E-state index in [-0.39, 0.29) is 5.91 Å². The Kier molecular flexibility index (Phi) is 6.54. The first kappa shape index (κ1) is 14.2. The van der Waals surface area contributed by atoms with E-state index in [0.717, 1.165) is 25.5 Å². The van der Waals surface area contributed by atoms with Crippen molar-refractivity contribution in [1.82, 2.24) is 0 Å². The Morgan fingerprint density at radius 2 is 2.06 bits per heavy atom. The topological polar surface area (TPSA) is 55.4 Å². The molecule has 4 heteroatoms. The maximum absolute atomic E-state index is 11.7. The van der Waals surface area contributed by atoms with E-state index in [1.54, 1.807) is 13.2 Å². The normalized spacial score (nSPS) is 9.83. The Balaban J connectivity index is 2.33. The van der Waals surface area contributed by atoms with Crippen molar-refractivity contribution in [3.05, 3.63) is 24.3 Å². The van der Waals surface area contributed by atoms with Crippen LogP contribution in [0.3, 0.4) is 0 Å². The summed E-state index contributed by atoms with van der Waals surface area (Å²) in [4.78, 5) is 21.8. The second-order valence-electron chi connectivity index (χ2n) is 4.01. The number of rotatable bonds is 8. The molecule has 0 saturated carbocycles. The van der Waals surface area contributed by atoms with Gasteiger partial charge in [0, 0.05) is 12.8 Å². The molecule has 4 nitrogen and oxygen atoms in total. The molecule has 1 amide bonds. The molecule has 1 N–H and O–H groups in total. The van der Waals surface area contributed by atoms with Gasteiger partial charge >= 0.3 is 0 Å². The van der Waals surface area contributed by atoms with Gasteiger partial charge in [0.1, 0.15) is 12.0 Å². The van der Waals surface area contributed by atoms with Crippen LogP contribution in [0, 0.1) is 0 Å². The van der Waals surface area contributed by atoms with E-state index in [1.165, 1.54) is 0 Å². The molecule has 0 spiro atoms. The number of para-hydroxylation sites is 2. The van der Waals surface area contributed by atoms with Gasteiger partial charge in [0.15, 0.2) is 0 Å². The van der Waals surface area contributed by atoms with Gasteiger partial charge in [-0.3, -0.25) is 4.79 Å². The molecule has 1 aromatic rings. The second-order valence-corrected chi connectivity index (χ2v) is 4.01. The van der Waals surface area contributed by atoms with Crippen molar-refractivity contribution in [2.75, 3.05) is 12.4 Å². The third-order valence-corrected chi connectivity index (χ3v) is 2.61. The highest BCUT2D eigenvalue weighted by atomic mass is 16.5. The number of anilines is 1. The Hall–Kier alpha value is -1.84. The van der Waals surface area contributed by atoms with Gasteiger partial charge in [-0.1, -0.05) is 18.6 Å². The number of benzene rings is 1. The fraction of sp³-hybridized carbons (Fsp3) is 0.429. The summed E-state index contributed by atoms with van der Waals surface area (Å²) in [6.45, 7) is 0. The largest absolute Gasteiger partial charge is 0.495 e. The molecule has 0 aromatic heterocycles. The molecule has 0 heterocycles. The SMILES string of the molecule is COc1ccccc1NC(=O)CCCCCC=O. The number of carbonyl (C=O) groups is 2. The van der Waals surface area contributed by atoms with Crippen molar-refractivity contribution in [3.8, 4) is 5.75 Å². The van der Waals surface area contributed by atoms with Crippen LogP contribution < -0.4 is 10.1 Å². The van der Waals surface area contributed by atoms with Crippen molar-refractivity contribution in [2.45, 2.75) is 32.1 Å². The average molecular weight is 249 g/mol. The van der Waals surface area contributed by atoms with Crippen LogP contribution in [-0.2, 0) is 9.59 Å². The lowest BCUT2D eigenvalue weighted by molar-refractivity contribution is -0.116. The van der Waals surface area contributed by atoms with Crippen LogP contribution in [0.5, 0.6) is 5.75 Å². The van der Waals surface area contributed by atoms with E-state index in [9.17, 15) is 9.59 Å². The van der Waals surface area contributed by atoms with Crippen molar-refractivity contribution < 1.29 is 14.3 Å². The number of nitrogens with one attached hydrogen (secondary N) is 1. The van der Waals surface area contributed by atoms with Crippen molar-refractivity contribution in [2.24, 2.45) is 0 Å². The smallest absolute Gasteiger partial charge is 0.224 e. The van der Waals surface area contributed by atoms with E-state index in [1.807, 2.05) is 18.2 Å². The van der Waals surface area contributed by atoms with Gasteiger partial charge in [-0.15, -0.1) is 0 Å². The standard InChI is InChI=1S/C14H19NO3/c1-18-13-9-6-5-8-12(13)15-14(17)10-4-2-3-7-11-16/h5-6,8-9,11H,2-4,7,10H2,1H3,(H,15,17). The summed E-state index contributed by atoms with van der Waals surface area (Å²) < 4.78 is 5.15. The Bertz CT molecular complexity index is 390. The van der Waals surface area contributed by atoms with Crippen LogP contribution >= 0.6 is 0 Å². The number of amides is 1. The number of carbonyl (C=O) groups excluding carboxylic acids is 2. The lowest BCUT2D eigenvalue weighted by atomic mass is 10.1. The predicted octanol–water partition coefficient (Wildman–Crippen LogP) is 2.78. The summed E-state index contributed by atoms with van der Waals surface area (Å²) in [5, 5.41) is 2.82. The first-order valence-electron chi connectivity index (χ1n) is 6.14. The van der Waals surface area contributed by atoms with Crippen LogP contribution in [0.2, 0.25) is 0 Å². The fourth-order valence-electron chi connectivity index (χ4n) is 1.65. The first-order chi connectivity index (χ1) is 8.77. The molecule has 98 valence electrons.